The highest BCUT2D eigenvalue weighted by Crippen LogP contribution is 2.38. The first kappa shape index (κ1) is 26.1. The fourth-order valence-corrected chi connectivity index (χ4v) is 5.71. The van der Waals surface area contributed by atoms with E-state index in [0.29, 0.717) is 22.8 Å². The van der Waals surface area contributed by atoms with Crippen LogP contribution in [0.15, 0.2) is 48.7 Å². The maximum atomic E-state index is 13.8. The van der Waals surface area contributed by atoms with Crippen molar-refractivity contribution < 1.29 is 24.1 Å². The Morgan fingerprint density at radius 3 is 2.88 bits per heavy atom. The first-order chi connectivity index (χ1) is 19.3. The Bertz CT molecular complexity index is 1700. The molecule has 2 aromatic carbocycles. The molecule has 5 aromatic rings. The number of rotatable bonds is 6. The van der Waals surface area contributed by atoms with E-state index in [9.17, 15) is 19.4 Å². The molecule has 0 unspecified atom stereocenters. The molecule has 4 heterocycles. The average molecular weight is 565 g/mol. The second-order valence-electron chi connectivity index (χ2n) is 9.40. The fourth-order valence-electron chi connectivity index (χ4n) is 4.85. The molecule has 206 valence electrons. The molecule has 0 bridgehead atoms. The first-order valence-electron chi connectivity index (χ1n) is 12.5. The number of hydrogen-bond acceptors (Lipinski definition) is 10. The minimum Gasteiger partial charge on any atom is -0.394 e. The maximum Gasteiger partial charge on any atom is 0.290 e. The Hall–Kier alpha value is -4.11. The predicted octanol–water partition coefficient (Wildman–Crippen LogP) is 2.37. The van der Waals surface area contributed by atoms with Gasteiger partial charge in [0.15, 0.2) is 5.82 Å². The lowest BCUT2D eigenvalue weighted by molar-refractivity contribution is -0.161. The monoisotopic (exact) mass is 564 g/mol. The van der Waals surface area contributed by atoms with Crippen LogP contribution in [0, 0.1) is 12.7 Å². The molecule has 1 amide bonds. The number of hydrogen-bond donors (Lipinski definition) is 3. The van der Waals surface area contributed by atoms with Gasteiger partial charge in [0.1, 0.15) is 29.8 Å². The summed E-state index contributed by atoms with van der Waals surface area (Å²) in [6, 6.07) is 10.9. The molecular weight excluding hydrogens is 539 g/mol. The van der Waals surface area contributed by atoms with E-state index in [4.69, 9.17) is 4.74 Å². The van der Waals surface area contributed by atoms with Crippen molar-refractivity contribution in [3.05, 3.63) is 71.1 Å². The van der Waals surface area contributed by atoms with Gasteiger partial charge in [-0.2, -0.15) is 0 Å². The summed E-state index contributed by atoms with van der Waals surface area (Å²) < 4.78 is 23.8. The molecule has 3 N–H and O–H groups in total. The molecule has 4 atom stereocenters. The lowest BCUT2D eigenvalue weighted by Crippen LogP contribution is -2.45. The number of fused-ring (bicyclic) bond motifs is 1. The summed E-state index contributed by atoms with van der Waals surface area (Å²) in [5.74, 6) is -0.618. The Labute approximate surface area is 231 Å². The largest absolute Gasteiger partial charge is 0.394 e. The molecule has 40 heavy (non-hydrogen) atoms. The number of carbonyl (C=O) groups excluding carboxylic acids is 1. The second kappa shape index (κ2) is 10.5. The van der Waals surface area contributed by atoms with Gasteiger partial charge in [-0.05, 0) is 37.3 Å². The number of amides is 1. The highest BCUT2D eigenvalue weighted by Gasteiger charge is 2.42. The highest BCUT2D eigenvalue weighted by atomic mass is 32.1. The Morgan fingerprint density at radius 1 is 1.25 bits per heavy atom. The number of aryl methyl sites for hydroxylation is 1. The van der Waals surface area contributed by atoms with E-state index >= 15 is 0 Å². The van der Waals surface area contributed by atoms with Crippen LogP contribution in [0.3, 0.4) is 0 Å². The summed E-state index contributed by atoms with van der Waals surface area (Å²) in [6.07, 6.45) is -1.10. The van der Waals surface area contributed by atoms with E-state index in [2.05, 4.69) is 30.7 Å². The van der Waals surface area contributed by atoms with Crippen molar-refractivity contribution in [1.29, 1.82) is 0 Å². The SMILES string of the molecule is CNC(=O)c1nc([C@H]2C[C@@H](n3cc(-c4cccc(F)c4)nn3)[C@@H](O)[C@@H](CO)O2)n(-c2ccc3nc(C)sc3c2)n1. The summed E-state index contributed by atoms with van der Waals surface area (Å²) >= 11 is 1.53. The van der Waals surface area contributed by atoms with E-state index in [-0.39, 0.29) is 12.2 Å². The van der Waals surface area contributed by atoms with Crippen molar-refractivity contribution in [2.75, 3.05) is 13.7 Å². The predicted molar refractivity (Wildman–Crippen MR) is 142 cm³/mol. The van der Waals surface area contributed by atoms with E-state index in [0.717, 1.165) is 15.2 Å². The highest BCUT2D eigenvalue weighted by molar-refractivity contribution is 7.18. The molecule has 1 fully saturated rings. The Balaban J connectivity index is 1.39. The summed E-state index contributed by atoms with van der Waals surface area (Å²) in [4.78, 5) is 21.5. The number of thiazole rings is 1. The van der Waals surface area contributed by atoms with Crippen LogP contribution < -0.4 is 5.32 Å². The van der Waals surface area contributed by atoms with E-state index < -0.39 is 42.7 Å². The minimum absolute atomic E-state index is 0.0564. The lowest BCUT2D eigenvalue weighted by atomic mass is 9.95. The second-order valence-corrected chi connectivity index (χ2v) is 10.6. The number of benzene rings is 2. The van der Waals surface area contributed by atoms with Crippen LogP contribution in [0.25, 0.3) is 27.2 Å². The van der Waals surface area contributed by atoms with Gasteiger partial charge in [0.2, 0.25) is 5.82 Å². The smallest absolute Gasteiger partial charge is 0.290 e. The molecule has 1 saturated heterocycles. The summed E-state index contributed by atoms with van der Waals surface area (Å²) in [6.45, 7) is 1.46. The number of aliphatic hydroxyl groups is 2. The van der Waals surface area contributed by atoms with Crippen LogP contribution in [0.1, 0.15) is 40.0 Å². The Morgan fingerprint density at radius 2 is 2.10 bits per heavy atom. The standard InChI is InChI=1S/C26H25FN8O4S/c1-13-29-17-7-6-16(9-22(17)40-13)35-25(30-24(32-35)26(38)28-2)20-10-19(23(37)21(12-36)39-20)34-11-18(31-33-34)14-4-3-5-15(27)8-14/h3-9,11,19-21,23,36-37H,10,12H2,1-2H3,(H,28,38)/t19-,20-,21-,23-/m1/s1. The maximum absolute atomic E-state index is 13.8. The van der Waals surface area contributed by atoms with Crippen LogP contribution in [0.5, 0.6) is 0 Å². The Kier molecular flexibility index (Phi) is 6.83. The summed E-state index contributed by atoms with van der Waals surface area (Å²) in [5.41, 5.74) is 2.45. The molecule has 3 aromatic heterocycles. The molecule has 0 spiro atoms. The lowest BCUT2D eigenvalue weighted by Gasteiger charge is -2.38. The minimum atomic E-state index is -1.13. The average Bonchev–Trinajstić information content (AvgIpc) is 3.70. The zero-order valence-electron chi connectivity index (χ0n) is 21.5. The number of nitrogens with zero attached hydrogens (tertiary/aromatic N) is 7. The molecule has 1 aliphatic rings. The third-order valence-corrected chi connectivity index (χ3v) is 7.73. The normalized spacial score (nSPS) is 21.1. The van der Waals surface area contributed by atoms with Crippen molar-refractivity contribution in [2.45, 2.75) is 37.7 Å². The van der Waals surface area contributed by atoms with Gasteiger partial charge in [-0.1, -0.05) is 17.3 Å². The fraction of sp³-hybridized carbons (Fsp3) is 0.308. The molecule has 0 saturated carbocycles. The van der Waals surface area contributed by atoms with Gasteiger partial charge in [0.25, 0.3) is 5.91 Å². The number of ether oxygens (including phenoxy) is 1. The van der Waals surface area contributed by atoms with Gasteiger partial charge in [0.05, 0.1) is 39.8 Å². The number of nitrogens with one attached hydrogen (secondary N) is 1. The molecule has 0 radical (unpaired) electrons. The molecule has 0 aliphatic carbocycles. The van der Waals surface area contributed by atoms with Crippen LogP contribution in [0.2, 0.25) is 0 Å². The van der Waals surface area contributed by atoms with Crippen molar-refractivity contribution >= 4 is 27.5 Å². The van der Waals surface area contributed by atoms with Crippen LogP contribution >= 0.6 is 11.3 Å². The van der Waals surface area contributed by atoms with Gasteiger partial charge < -0.3 is 20.3 Å². The molecule has 12 nitrogen and oxygen atoms in total. The zero-order chi connectivity index (χ0) is 28.0. The van der Waals surface area contributed by atoms with E-state index in [1.807, 2.05) is 25.1 Å². The first-order valence-corrected chi connectivity index (χ1v) is 13.3. The van der Waals surface area contributed by atoms with Gasteiger partial charge >= 0.3 is 0 Å². The van der Waals surface area contributed by atoms with Gasteiger partial charge in [-0.3, -0.25) is 4.79 Å². The third kappa shape index (κ3) is 4.75. The molecule has 14 heteroatoms. The number of carbonyl (C=O) groups is 1. The zero-order valence-corrected chi connectivity index (χ0v) is 22.3. The summed E-state index contributed by atoms with van der Waals surface area (Å²) in [7, 11) is 1.49. The van der Waals surface area contributed by atoms with E-state index in [1.54, 1.807) is 18.3 Å². The number of aliphatic hydroxyl groups excluding tert-OH is 2. The van der Waals surface area contributed by atoms with Crippen molar-refractivity contribution in [3.63, 3.8) is 0 Å². The number of aromatic nitrogens is 7. The quantitative estimate of drug-likeness (QED) is 0.282. The van der Waals surface area contributed by atoms with Crippen molar-refractivity contribution in [3.8, 4) is 16.9 Å². The molecule has 1 aliphatic heterocycles. The third-order valence-electron chi connectivity index (χ3n) is 6.79. The van der Waals surface area contributed by atoms with Crippen LogP contribution in [0.4, 0.5) is 4.39 Å². The van der Waals surface area contributed by atoms with Gasteiger partial charge in [-0.15, -0.1) is 21.5 Å². The van der Waals surface area contributed by atoms with Crippen molar-refractivity contribution in [2.24, 2.45) is 0 Å². The molecular formula is C26H25FN8O4S. The molecule has 6 rings (SSSR count). The summed E-state index contributed by atoms with van der Waals surface area (Å²) in [5, 5.41) is 37.4. The number of halogens is 1. The van der Waals surface area contributed by atoms with Gasteiger partial charge in [-0.25, -0.2) is 23.7 Å². The van der Waals surface area contributed by atoms with E-state index in [1.165, 1.54) is 39.9 Å². The van der Waals surface area contributed by atoms with Gasteiger partial charge in [0, 0.05) is 19.0 Å². The van der Waals surface area contributed by atoms with Crippen LogP contribution in [-0.2, 0) is 4.74 Å². The van der Waals surface area contributed by atoms with Crippen molar-refractivity contribution in [1.82, 2.24) is 40.1 Å². The topological polar surface area (TPSA) is 153 Å². The van der Waals surface area contributed by atoms with Crippen LogP contribution in [-0.4, -0.2) is 76.7 Å².